The van der Waals surface area contributed by atoms with Crippen LogP contribution in [0.15, 0.2) is 24.3 Å². The van der Waals surface area contributed by atoms with E-state index in [1.807, 2.05) is 6.07 Å². The van der Waals surface area contributed by atoms with Gasteiger partial charge in [0.05, 0.1) is 19.3 Å². The van der Waals surface area contributed by atoms with Crippen LogP contribution in [0.2, 0.25) is 0 Å². The third-order valence-corrected chi connectivity index (χ3v) is 4.36. The molecule has 0 spiro atoms. The van der Waals surface area contributed by atoms with Gasteiger partial charge in [-0.1, -0.05) is 0 Å². The van der Waals surface area contributed by atoms with E-state index in [0.29, 0.717) is 6.04 Å². The van der Waals surface area contributed by atoms with Gasteiger partial charge in [0.1, 0.15) is 11.6 Å². The number of nitrogens with zero attached hydrogens (tertiary/aromatic N) is 2. The lowest BCUT2D eigenvalue weighted by Crippen LogP contribution is -2.56. The van der Waals surface area contributed by atoms with Gasteiger partial charge in [0.25, 0.3) is 0 Å². The van der Waals surface area contributed by atoms with Crippen molar-refractivity contribution in [1.29, 1.82) is 0 Å². The van der Waals surface area contributed by atoms with Crippen LogP contribution in [0.3, 0.4) is 0 Å². The molecule has 106 valence electrons. The lowest BCUT2D eigenvalue weighted by molar-refractivity contribution is -0.0660. The van der Waals surface area contributed by atoms with E-state index in [1.54, 1.807) is 12.1 Å². The minimum absolute atomic E-state index is 0.183. The Balaban J connectivity index is 1.49. The number of aromatic amines is 1. The molecule has 0 unspecified atom stereocenters. The number of piperazine rings is 1. The van der Waals surface area contributed by atoms with Crippen molar-refractivity contribution in [3.63, 3.8) is 0 Å². The fourth-order valence-corrected chi connectivity index (χ4v) is 3.02. The Labute approximate surface area is 117 Å². The van der Waals surface area contributed by atoms with Gasteiger partial charge in [0.2, 0.25) is 0 Å². The molecule has 0 saturated carbocycles. The molecule has 0 amide bonds. The lowest BCUT2D eigenvalue weighted by Gasteiger charge is -2.42. The fourth-order valence-electron chi connectivity index (χ4n) is 3.02. The van der Waals surface area contributed by atoms with E-state index in [0.717, 1.165) is 56.1 Å². The number of nitrogens with one attached hydrogen (secondary N) is 1. The van der Waals surface area contributed by atoms with Crippen LogP contribution in [-0.2, 0) is 4.74 Å². The Morgan fingerprint density at radius 3 is 2.60 bits per heavy atom. The Morgan fingerprint density at radius 1 is 1.10 bits per heavy atom. The zero-order valence-electron chi connectivity index (χ0n) is 11.3. The number of benzene rings is 1. The normalized spacial score (nSPS) is 21.4. The van der Waals surface area contributed by atoms with E-state index in [-0.39, 0.29) is 5.82 Å². The maximum atomic E-state index is 13.2. The third-order valence-electron chi connectivity index (χ3n) is 4.36. The summed E-state index contributed by atoms with van der Waals surface area (Å²) in [6.45, 7) is 5.91. The molecule has 2 aliphatic heterocycles. The first-order valence-corrected chi connectivity index (χ1v) is 7.14. The number of hydrogen-bond acceptors (Lipinski definition) is 3. The summed E-state index contributed by atoms with van der Waals surface area (Å²) in [7, 11) is 0. The summed E-state index contributed by atoms with van der Waals surface area (Å²) in [6.07, 6.45) is 0. The quantitative estimate of drug-likeness (QED) is 0.907. The van der Waals surface area contributed by atoms with Crippen molar-refractivity contribution in [2.75, 3.05) is 44.3 Å². The summed E-state index contributed by atoms with van der Waals surface area (Å²) in [6, 6.07) is 7.54. The molecule has 0 aliphatic carbocycles. The van der Waals surface area contributed by atoms with Crippen LogP contribution in [0, 0.1) is 5.82 Å². The van der Waals surface area contributed by atoms with E-state index in [9.17, 15) is 4.39 Å². The Morgan fingerprint density at radius 2 is 1.90 bits per heavy atom. The van der Waals surface area contributed by atoms with Crippen LogP contribution in [0.1, 0.15) is 0 Å². The average Bonchev–Trinajstić information content (AvgIpc) is 2.80. The molecule has 20 heavy (non-hydrogen) atoms. The van der Waals surface area contributed by atoms with E-state index in [2.05, 4.69) is 14.8 Å². The second kappa shape index (κ2) is 4.75. The minimum atomic E-state index is -0.183. The van der Waals surface area contributed by atoms with E-state index in [1.165, 1.54) is 6.07 Å². The van der Waals surface area contributed by atoms with Crippen LogP contribution >= 0.6 is 0 Å². The van der Waals surface area contributed by atoms with Gasteiger partial charge in [-0.3, -0.25) is 4.90 Å². The molecule has 4 rings (SSSR count). The van der Waals surface area contributed by atoms with Gasteiger partial charge in [-0.25, -0.2) is 4.39 Å². The molecule has 2 aromatic rings. The number of ether oxygens (including phenoxy) is 1. The van der Waals surface area contributed by atoms with Gasteiger partial charge >= 0.3 is 0 Å². The highest BCUT2D eigenvalue weighted by Crippen LogP contribution is 2.24. The Bertz CT molecular complexity index is 615. The molecule has 3 heterocycles. The summed E-state index contributed by atoms with van der Waals surface area (Å²) >= 11 is 0. The number of anilines is 1. The van der Waals surface area contributed by atoms with Crippen LogP contribution in [0.25, 0.3) is 10.9 Å². The molecule has 1 N–H and O–H groups in total. The standard InChI is InChI=1S/C15H18FN3O/c16-12-1-2-14-11(7-12)8-15(17-14)19-5-3-18(4-6-19)13-9-20-10-13/h1-2,7-8,13,17H,3-6,9-10H2. The largest absolute Gasteiger partial charge is 0.378 e. The van der Waals surface area contributed by atoms with E-state index < -0.39 is 0 Å². The van der Waals surface area contributed by atoms with Crippen LogP contribution in [0.4, 0.5) is 10.2 Å². The van der Waals surface area contributed by atoms with Crippen molar-refractivity contribution in [2.24, 2.45) is 0 Å². The molecular weight excluding hydrogens is 257 g/mol. The molecule has 4 nitrogen and oxygen atoms in total. The lowest BCUT2D eigenvalue weighted by atomic mass is 10.2. The second-order valence-corrected chi connectivity index (χ2v) is 5.60. The van der Waals surface area contributed by atoms with Crippen LogP contribution < -0.4 is 4.90 Å². The first kappa shape index (κ1) is 12.2. The maximum absolute atomic E-state index is 13.2. The predicted molar refractivity (Wildman–Crippen MR) is 76.6 cm³/mol. The second-order valence-electron chi connectivity index (χ2n) is 5.60. The van der Waals surface area contributed by atoms with Gasteiger partial charge in [-0.2, -0.15) is 0 Å². The highest BCUT2D eigenvalue weighted by molar-refractivity contribution is 5.84. The number of H-pyrrole nitrogens is 1. The molecular formula is C15H18FN3O. The molecule has 2 fully saturated rings. The molecule has 0 bridgehead atoms. The number of hydrogen-bond donors (Lipinski definition) is 1. The first-order valence-electron chi connectivity index (χ1n) is 7.14. The monoisotopic (exact) mass is 275 g/mol. The van der Waals surface area contributed by atoms with E-state index >= 15 is 0 Å². The van der Waals surface area contributed by atoms with Crippen LogP contribution in [-0.4, -0.2) is 55.3 Å². The number of halogens is 1. The molecule has 0 radical (unpaired) electrons. The summed E-state index contributed by atoms with van der Waals surface area (Å²) in [5.74, 6) is 0.910. The van der Waals surface area contributed by atoms with Gasteiger partial charge < -0.3 is 14.6 Å². The SMILES string of the molecule is Fc1ccc2[nH]c(N3CCN(C4COC4)CC3)cc2c1. The minimum Gasteiger partial charge on any atom is -0.378 e. The Hall–Kier alpha value is -1.59. The van der Waals surface area contributed by atoms with Gasteiger partial charge in [-0.15, -0.1) is 0 Å². The van der Waals surface area contributed by atoms with Crippen molar-refractivity contribution >= 4 is 16.7 Å². The highest BCUT2D eigenvalue weighted by atomic mass is 19.1. The molecule has 5 heteroatoms. The van der Waals surface area contributed by atoms with Gasteiger partial charge in [0.15, 0.2) is 0 Å². The van der Waals surface area contributed by atoms with Gasteiger partial charge in [0, 0.05) is 37.1 Å². The zero-order chi connectivity index (χ0) is 13.5. The fraction of sp³-hybridized carbons (Fsp3) is 0.467. The van der Waals surface area contributed by atoms with Crippen molar-refractivity contribution < 1.29 is 9.13 Å². The average molecular weight is 275 g/mol. The number of fused-ring (bicyclic) bond motifs is 1. The topological polar surface area (TPSA) is 31.5 Å². The highest BCUT2D eigenvalue weighted by Gasteiger charge is 2.29. The zero-order valence-corrected chi connectivity index (χ0v) is 11.3. The van der Waals surface area contributed by atoms with E-state index in [4.69, 9.17) is 4.74 Å². The van der Waals surface area contributed by atoms with Crippen molar-refractivity contribution in [1.82, 2.24) is 9.88 Å². The summed E-state index contributed by atoms with van der Waals surface area (Å²) in [5, 5.41) is 0.940. The number of rotatable bonds is 2. The van der Waals surface area contributed by atoms with Crippen molar-refractivity contribution in [2.45, 2.75) is 6.04 Å². The summed E-state index contributed by atoms with van der Waals surface area (Å²) in [5.41, 5.74) is 0.997. The predicted octanol–water partition coefficient (Wildman–Crippen LogP) is 1.83. The molecule has 1 aromatic carbocycles. The number of aromatic nitrogens is 1. The summed E-state index contributed by atoms with van der Waals surface area (Å²) in [4.78, 5) is 8.22. The smallest absolute Gasteiger partial charge is 0.123 e. The summed E-state index contributed by atoms with van der Waals surface area (Å²) < 4.78 is 18.5. The molecule has 2 saturated heterocycles. The Kier molecular flexibility index (Phi) is 2.89. The van der Waals surface area contributed by atoms with Crippen molar-refractivity contribution in [3.05, 3.63) is 30.1 Å². The first-order chi connectivity index (χ1) is 9.79. The maximum Gasteiger partial charge on any atom is 0.123 e. The molecule has 1 aromatic heterocycles. The van der Waals surface area contributed by atoms with Crippen LogP contribution in [0.5, 0.6) is 0 Å². The van der Waals surface area contributed by atoms with Gasteiger partial charge in [-0.05, 0) is 24.3 Å². The molecule has 2 aliphatic rings. The molecule has 0 atom stereocenters. The van der Waals surface area contributed by atoms with Crippen molar-refractivity contribution in [3.8, 4) is 0 Å². The third kappa shape index (κ3) is 2.07.